The second-order valence-electron chi connectivity index (χ2n) is 5.79. The van der Waals surface area contributed by atoms with Crippen molar-refractivity contribution < 1.29 is 19.1 Å². The quantitative estimate of drug-likeness (QED) is 0.854. The second kappa shape index (κ2) is 5.83. The van der Waals surface area contributed by atoms with Crippen LogP contribution in [0, 0.1) is 11.2 Å². The Morgan fingerprint density at radius 2 is 2.04 bits per heavy atom. The molecule has 2 N–H and O–H groups in total. The first-order valence-electron chi connectivity index (χ1n) is 7.29. The number of halogens is 1. The Bertz CT molecular complexity index is 753. The molecule has 0 unspecified atom stereocenters. The maximum Gasteiger partial charge on any atom is 0.325 e. The van der Waals surface area contributed by atoms with Gasteiger partial charge in [-0.25, -0.2) is 4.39 Å². The van der Waals surface area contributed by atoms with E-state index in [1.54, 1.807) is 24.3 Å². The molecule has 6 nitrogen and oxygen atoms in total. The van der Waals surface area contributed by atoms with E-state index in [1.165, 1.54) is 16.9 Å². The minimum atomic E-state index is -1.01. The second-order valence-corrected chi connectivity index (χ2v) is 5.79. The summed E-state index contributed by atoms with van der Waals surface area (Å²) in [4.78, 5) is 23.1. The highest BCUT2D eigenvalue weighted by molar-refractivity contribution is 5.96. The first-order chi connectivity index (χ1) is 11.0. The van der Waals surface area contributed by atoms with Gasteiger partial charge in [0.1, 0.15) is 12.4 Å². The fourth-order valence-electron chi connectivity index (χ4n) is 2.55. The van der Waals surface area contributed by atoms with Crippen LogP contribution in [0.4, 0.5) is 10.2 Å². The summed E-state index contributed by atoms with van der Waals surface area (Å²) in [6.07, 6.45) is 3.23. The van der Waals surface area contributed by atoms with Crippen molar-refractivity contribution in [3.63, 3.8) is 0 Å². The average molecular weight is 317 g/mol. The lowest BCUT2D eigenvalue weighted by Gasteiger charge is -2.14. The van der Waals surface area contributed by atoms with E-state index < -0.39 is 11.4 Å². The lowest BCUT2D eigenvalue weighted by atomic mass is 9.95. The molecule has 7 heteroatoms. The number of hydrogen-bond acceptors (Lipinski definition) is 3. The summed E-state index contributed by atoms with van der Waals surface area (Å²) >= 11 is 0. The number of carboxylic acid groups (broad SMARTS) is 1. The van der Waals surface area contributed by atoms with Crippen LogP contribution in [0.1, 0.15) is 18.4 Å². The van der Waals surface area contributed by atoms with Crippen LogP contribution >= 0.6 is 0 Å². The molecule has 0 aliphatic heterocycles. The van der Waals surface area contributed by atoms with Crippen LogP contribution in [0.3, 0.4) is 0 Å². The van der Waals surface area contributed by atoms with Gasteiger partial charge in [0.15, 0.2) is 5.82 Å². The van der Waals surface area contributed by atoms with Crippen LogP contribution in [-0.4, -0.2) is 26.8 Å². The zero-order valence-electron chi connectivity index (χ0n) is 12.3. The Labute approximate surface area is 131 Å². The monoisotopic (exact) mass is 317 g/mol. The topological polar surface area (TPSA) is 84.2 Å². The third kappa shape index (κ3) is 3.39. The third-order valence-corrected chi connectivity index (χ3v) is 4.00. The van der Waals surface area contributed by atoms with E-state index >= 15 is 0 Å². The van der Waals surface area contributed by atoms with E-state index in [-0.39, 0.29) is 18.3 Å². The number of anilines is 1. The number of aromatic nitrogens is 2. The molecule has 1 aliphatic carbocycles. The maximum absolute atomic E-state index is 13.8. The Hall–Kier alpha value is -2.70. The number of aliphatic carboxylic acids is 1. The number of nitrogens with zero attached hydrogens (tertiary/aromatic N) is 2. The van der Waals surface area contributed by atoms with Crippen molar-refractivity contribution in [3.8, 4) is 0 Å². The highest BCUT2D eigenvalue weighted by Crippen LogP contribution is 2.49. The van der Waals surface area contributed by atoms with Gasteiger partial charge in [-0.05, 0) is 30.9 Å². The fraction of sp³-hybridized carbons (Fsp3) is 0.312. The highest BCUT2D eigenvalue weighted by Gasteiger charge is 2.50. The number of hydrogen-bond donors (Lipinski definition) is 2. The van der Waals surface area contributed by atoms with Gasteiger partial charge in [0.2, 0.25) is 5.91 Å². The van der Waals surface area contributed by atoms with Crippen molar-refractivity contribution in [3.05, 3.63) is 47.9 Å². The lowest BCUT2D eigenvalue weighted by Crippen LogP contribution is -2.26. The number of carbonyl (C=O) groups excluding carboxylic acids is 1. The van der Waals surface area contributed by atoms with Crippen molar-refractivity contribution in [2.45, 2.75) is 25.8 Å². The summed E-state index contributed by atoms with van der Waals surface area (Å²) in [6.45, 7) is -0.268. The molecule has 1 aliphatic rings. The summed E-state index contributed by atoms with van der Waals surface area (Å²) in [5.41, 5.74) is -0.0739. The molecular weight excluding hydrogens is 301 g/mol. The predicted octanol–water partition coefficient (Wildman–Crippen LogP) is 2.07. The number of benzene rings is 1. The zero-order valence-corrected chi connectivity index (χ0v) is 12.3. The Balaban J connectivity index is 1.67. The van der Waals surface area contributed by atoms with E-state index in [0.717, 1.165) is 0 Å². The van der Waals surface area contributed by atoms with Gasteiger partial charge in [0.25, 0.3) is 0 Å². The molecule has 1 amide bonds. The van der Waals surface area contributed by atoms with Gasteiger partial charge in [-0.1, -0.05) is 18.2 Å². The van der Waals surface area contributed by atoms with Gasteiger partial charge in [-0.3, -0.25) is 14.3 Å². The Morgan fingerprint density at radius 1 is 1.30 bits per heavy atom. The molecule has 3 rings (SSSR count). The molecule has 120 valence electrons. The molecular formula is C16H16FN3O3. The van der Waals surface area contributed by atoms with Crippen LogP contribution in [0.25, 0.3) is 0 Å². The van der Waals surface area contributed by atoms with E-state index in [4.69, 9.17) is 5.11 Å². The van der Waals surface area contributed by atoms with Crippen molar-refractivity contribution in [2.75, 3.05) is 5.32 Å². The molecule has 0 radical (unpaired) electrons. The third-order valence-electron chi connectivity index (χ3n) is 4.00. The normalized spacial score (nSPS) is 15.2. The molecule has 1 fully saturated rings. The van der Waals surface area contributed by atoms with Crippen LogP contribution < -0.4 is 5.32 Å². The fourth-order valence-corrected chi connectivity index (χ4v) is 2.55. The minimum absolute atomic E-state index is 0.207. The van der Waals surface area contributed by atoms with Gasteiger partial charge >= 0.3 is 5.97 Å². The summed E-state index contributed by atoms with van der Waals surface area (Å²) in [5, 5.41) is 15.4. The number of rotatable bonds is 6. The molecule has 0 saturated heterocycles. The van der Waals surface area contributed by atoms with Gasteiger partial charge in [-0.15, -0.1) is 0 Å². The van der Waals surface area contributed by atoms with Gasteiger partial charge < -0.3 is 10.4 Å². The van der Waals surface area contributed by atoms with Crippen molar-refractivity contribution in [1.82, 2.24) is 9.78 Å². The first-order valence-corrected chi connectivity index (χ1v) is 7.29. The van der Waals surface area contributed by atoms with Crippen LogP contribution in [0.5, 0.6) is 0 Å². The summed E-state index contributed by atoms with van der Waals surface area (Å²) < 4.78 is 15.0. The highest BCUT2D eigenvalue weighted by atomic mass is 19.1. The van der Waals surface area contributed by atoms with Crippen LogP contribution in [0.15, 0.2) is 36.5 Å². The maximum atomic E-state index is 13.8. The molecule has 1 aromatic heterocycles. The van der Waals surface area contributed by atoms with E-state index in [9.17, 15) is 14.0 Å². The number of amides is 1. The molecule has 0 atom stereocenters. The molecule has 0 spiro atoms. The van der Waals surface area contributed by atoms with Gasteiger partial charge in [0.05, 0.1) is 5.41 Å². The molecule has 1 saturated carbocycles. The number of carbonyl (C=O) groups is 2. The van der Waals surface area contributed by atoms with E-state index in [0.29, 0.717) is 30.6 Å². The number of carboxylic acids is 1. The summed E-state index contributed by atoms with van der Waals surface area (Å²) in [6, 6.07) is 7.98. The van der Waals surface area contributed by atoms with Crippen molar-refractivity contribution >= 4 is 17.7 Å². The smallest absolute Gasteiger partial charge is 0.325 e. The molecule has 1 aromatic carbocycles. The Morgan fingerprint density at radius 3 is 2.70 bits per heavy atom. The van der Waals surface area contributed by atoms with Crippen LogP contribution in [-0.2, 0) is 22.6 Å². The van der Waals surface area contributed by atoms with Crippen molar-refractivity contribution in [1.29, 1.82) is 0 Å². The van der Waals surface area contributed by atoms with Gasteiger partial charge in [-0.2, -0.15) is 5.10 Å². The standard InChI is InChI=1S/C16H16FN3O3/c17-12-4-2-1-3-11(12)9-16(6-7-16)15(23)18-13-5-8-20(19-13)10-14(21)22/h1-5,8H,6-7,9-10H2,(H,21,22)(H,18,19,23). The first kappa shape index (κ1) is 15.2. The molecule has 23 heavy (non-hydrogen) atoms. The van der Waals surface area contributed by atoms with E-state index in [2.05, 4.69) is 10.4 Å². The Kier molecular flexibility index (Phi) is 3.85. The van der Waals surface area contributed by atoms with Gasteiger partial charge in [0, 0.05) is 12.3 Å². The SMILES string of the molecule is O=C(O)Cn1ccc(NC(=O)C2(Cc3ccccc3F)CC2)n1. The zero-order chi connectivity index (χ0) is 16.4. The molecule has 1 heterocycles. The summed E-state index contributed by atoms with van der Waals surface area (Å²) in [7, 11) is 0. The van der Waals surface area contributed by atoms with Crippen molar-refractivity contribution in [2.24, 2.45) is 5.41 Å². The minimum Gasteiger partial charge on any atom is -0.480 e. The predicted molar refractivity (Wildman–Crippen MR) is 80.3 cm³/mol. The molecule has 2 aromatic rings. The summed E-state index contributed by atoms with van der Waals surface area (Å²) in [5.74, 6) is -1.22. The van der Waals surface area contributed by atoms with Crippen LogP contribution in [0.2, 0.25) is 0 Å². The number of nitrogens with one attached hydrogen (secondary N) is 1. The largest absolute Gasteiger partial charge is 0.480 e. The van der Waals surface area contributed by atoms with E-state index in [1.807, 2.05) is 0 Å². The lowest BCUT2D eigenvalue weighted by molar-refractivity contribution is -0.137. The molecule has 0 bridgehead atoms. The average Bonchev–Trinajstić information content (AvgIpc) is 3.16.